The Hall–Kier alpha value is -1.35. The van der Waals surface area contributed by atoms with E-state index in [1.807, 2.05) is 24.3 Å². The summed E-state index contributed by atoms with van der Waals surface area (Å²) in [5.74, 6) is -0.284. The molecular formula is C13H14O3. The fraction of sp³-hybridized carbons (Fsp3) is 0.462. The van der Waals surface area contributed by atoms with E-state index in [1.54, 1.807) is 0 Å². The SMILES string of the molecule is O=C(O)C1(c2ccccc2C2COC2)CC1. The first-order valence-electron chi connectivity index (χ1n) is 5.64. The molecule has 0 spiro atoms. The Morgan fingerprint density at radius 3 is 2.50 bits per heavy atom. The van der Waals surface area contributed by atoms with E-state index in [2.05, 4.69) is 0 Å². The molecule has 0 unspecified atom stereocenters. The van der Waals surface area contributed by atoms with Gasteiger partial charge < -0.3 is 9.84 Å². The Balaban J connectivity index is 2.03. The van der Waals surface area contributed by atoms with E-state index < -0.39 is 11.4 Å². The van der Waals surface area contributed by atoms with Crippen molar-refractivity contribution >= 4 is 5.97 Å². The summed E-state index contributed by atoms with van der Waals surface area (Å²) in [7, 11) is 0. The van der Waals surface area contributed by atoms with Gasteiger partial charge in [-0.2, -0.15) is 0 Å². The lowest BCUT2D eigenvalue weighted by Crippen LogP contribution is -2.29. The molecule has 1 aliphatic carbocycles. The molecule has 1 aromatic rings. The van der Waals surface area contributed by atoms with Gasteiger partial charge in [-0.25, -0.2) is 0 Å². The molecule has 3 heteroatoms. The number of aliphatic carboxylic acids is 1. The molecule has 2 fully saturated rings. The van der Waals surface area contributed by atoms with Gasteiger partial charge in [0.05, 0.1) is 18.6 Å². The van der Waals surface area contributed by atoms with Crippen LogP contribution < -0.4 is 0 Å². The van der Waals surface area contributed by atoms with E-state index >= 15 is 0 Å². The number of rotatable bonds is 3. The van der Waals surface area contributed by atoms with Crippen LogP contribution in [0, 0.1) is 0 Å². The smallest absolute Gasteiger partial charge is 0.314 e. The molecule has 3 rings (SSSR count). The van der Waals surface area contributed by atoms with Gasteiger partial charge >= 0.3 is 5.97 Å². The van der Waals surface area contributed by atoms with Crippen molar-refractivity contribution in [2.75, 3.05) is 13.2 Å². The molecule has 0 atom stereocenters. The van der Waals surface area contributed by atoms with Crippen molar-refractivity contribution in [2.45, 2.75) is 24.2 Å². The lowest BCUT2D eigenvalue weighted by Gasteiger charge is -2.29. The molecule has 0 amide bonds. The standard InChI is InChI=1S/C13H14O3/c14-12(15)13(5-6-13)11-4-2-1-3-10(11)9-7-16-8-9/h1-4,9H,5-8H2,(H,14,15). The number of hydrogen-bond donors (Lipinski definition) is 1. The number of carboxylic acid groups (broad SMARTS) is 1. The van der Waals surface area contributed by atoms with Crippen LogP contribution in [0.1, 0.15) is 29.9 Å². The summed E-state index contributed by atoms with van der Waals surface area (Å²) in [5, 5.41) is 9.32. The molecule has 1 N–H and O–H groups in total. The van der Waals surface area contributed by atoms with Crippen LogP contribution >= 0.6 is 0 Å². The number of carboxylic acids is 1. The molecular weight excluding hydrogens is 204 g/mol. The molecule has 84 valence electrons. The van der Waals surface area contributed by atoms with Gasteiger partial charge in [0.25, 0.3) is 0 Å². The normalized spacial score (nSPS) is 22.5. The number of benzene rings is 1. The van der Waals surface area contributed by atoms with E-state index in [9.17, 15) is 9.90 Å². The fourth-order valence-electron chi connectivity index (χ4n) is 2.43. The summed E-state index contributed by atoms with van der Waals surface area (Å²) >= 11 is 0. The van der Waals surface area contributed by atoms with Crippen molar-refractivity contribution < 1.29 is 14.6 Å². The van der Waals surface area contributed by atoms with Gasteiger partial charge in [-0.05, 0) is 24.0 Å². The van der Waals surface area contributed by atoms with Crippen LogP contribution in [0.15, 0.2) is 24.3 Å². The van der Waals surface area contributed by atoms with Gasteiger partial charge in [0.2, 0.25) is 0 Å². The molecule has 1 saturated carbocycles. The molecule has 2 aliphatic rings. The topological polar surface area (TPSA) is 46.5 Å². The van der Waals surface area contributed by atoms with E-state index in [0.717, 1.165) is 31.6 Å². The van der Waals surface area contributed by atoms with Gasteiger partial charge in [0.1, 0.15) is 0 Å². The zero-order valence-corrected chi connectivity index (χ0v) is 8.98. The van der Waals surface area contributed by atoms with E-state index in [4.69, 9.17) is 4.74 Å². The van der Waals surface area contributed by atoms with Crippen LogP contribution in [0.5, 0.6) is 0 Å². The predicted octanol–water partition coefficient (Wildman–Crippen LogP) is 1.92. The lowest BCUT2D eigenvalue weighted by molar-refractivity contribution is -0.140. The predicted molar refractivity (Wildman–Crippen MR) is 58.5 cm³/mol. The van der Waals surface area contributed by atoms with Gasteiger partial charge in [0.15, 0.2) is 0 Å². The molecule has 1 aliphatic heterocycles. The summed E-state index contributed by atoms with van der Waals surface area (Å²) in [4.78, 5) is 11.3. The molecule has 1 saturated heterocycles. The monoisotopic (exact) mass is 218 g/mol. The number of carbonyl (C=O) groups is 1. The van der Waals surface area contributed by atoms with Crippen molar-refractivity contribution in [2.24, 2.45) is 0 Å². The highest BCUT2D eigenvalue weighted by atomic mass is 16.5. The second-order valence-electron chi connectivity index (χ2n) is 4.71. The first kappa shape index (κ1) is 9.85. The van der Waals surface area contributed by atoms with Crippen LogP contribution in [0.2, 0.25) is 0 Å². The van der Waals surface area contributed by atoms with Crippen molar-refractivity contribution in [1.82, 2.24) is 0 Å². The first-order valence-corrected chi connectivity index (χ1v) is 5.64. The van der Waals surface area contributed by atoms with Crippen LogP contribution in [0.3, 0.4) is 0 Å². The molecule has 0 aromatic heterocycles. The van der Waals surface area contributed by atoms with Gasteiger partial charge in [0, 0.05) is 5.92 Å². The average molecular weight is 218 g/mol. The minimum absolute atomic E-state index is 0.396. The molecule has 0 bridgehead atoms. The summed E-state index contributed by atoms with van der Waals surface area (Å²) in [5.41, 5.74) is 1.59. The highest BCUT2D eigenvalue weighted by molar-refractivity contribution is 5.85. The zero-order valence-electron chi connectivity index (χ0n) is 8.98. The molecule has 1 heterocycles. The van der Waals surface area contributed by atoms with Crippen LogP contribution in [0.25, 0.3) is 0 Å². The Labute approximate surface area is 94.0 Å². The quantitative estimate of drug-likeness (QED) is 0.843. The highest BCUT2D eigenvalue weighted by Crippen LogP contribution is 2.51. The summed E-state index contributed by atoms with van der Waals surface area (Å²) in [6, 6.07) is 7.93. The maximum atomic E-state index is 11.3. The minimum atomic E-state index is -0.680. The Bertz CT molecular complexity index is 431. The third kappa shape index (κ3) is 1.28. The second-order valence-corrected chi connectivity index (χ2v) is 4.71. The van der Waals surface area contributed by atoms with Crippen molar-refractivity contribution in [1.29, 1.82) is 0 Å². The maximum absolute atomic E-state index is 11.3. The van der Waals surface area contributed by atoms with E-state index in [1.165, 1.54) is 5.56 Å². The molecule has 1 aromatic carbocycles. The lowest BCUT2D eigenvalue weighted by atomic mass is 9.84. The third-order valence-corrected chi connectivity index (χ3v) is 3.71. The second kappa shape index (κ2) is 3.32. The van der Waals surface area contributed by atoms with Gasteiger partial charge in [-0.15, -0.1) is 0 Å². The average Bonchev–Trinajstić information content (AvgIpc) is 2.96. The first-order chi connectivity index (χ1) is 7.74. The van der Waals surface area contributed by atoms with Crippen molar-refractivity contribution in [3.05, 3.63) is 35.4 Å². The largest absolute Gasteiger partial charge is 0.481 e. The fourth-order valence-corrected chi connectivity index (χ4v) is 2.43. The molecule has 16 heavy (non-hydrogen) atoms. The zero-order chi connectivity index (χ0) is 11.2. The Kier molecular flexibility index (Phi) is 2.04. The summed E-state index contributed by atoms with van der Waals surface area (Å²) in [6.45, 7) is 1.46. The van der Waals surface area contributed by atoms with Crippen molar-refractivity contribution in [3.8, 4) is 0 Å². The van der Waals surface area contributed by atoms with E-state index in [-0.39, 0.29) is 0 Å². The van der Waals surface area contributed by atoms with Gasteiger partial charge in [-0.1, -0.05) is 24.3 Å². The molecule has 0 radical (unpaired) electrons. The van der Waals surface area contributed by atoms with E-state index in [0.29, 0.717) is 5.92 Å². The number of hydrogen-bond acceptors (Lipinski definition) is 2. The summed E-state index contributed by atoms with van der Waals surface area (Å²) in [6.07, 6.45) is 1.54. The third-order valence-electron chi connectivity index (χ3n) is 3.71. The minimum Gasteiger partial charge on any atom is -0.481 e. The Morgan fingerprint density at radius 1 is 1.31 bits per heavy atom. The molecule has 3 nitrogen and oxygen atoms in total. The van der Waals surface area contributed by atoms with Crippen LogP contribution in [0.4, 0.5) is 0 Å². The summed E-state index contributed by atoms with van der Waals surface area (Å²) < 4.78 is 5.19. The van der Waals surface area contributed by atoms with Crippen LogP contribution in [-0.2, 0) is 14.9 Å². The Morgan fingerprint density at radius 2 is 2.00 bits per heavy atom. The van der Waals surface area contributed by atoms with Gasteiger partial charge in [-0.3, -0.25) is 4.79 Å². The maximum Gasteiger partial charge on any atom is 0.314 e. The highest BCUT2D eigenvalue weighted by Gasteiger charge is 2.53. The number of ether oxygens (including phenoxy) is 1. The van der Waals surface area contributed by atoms with Crippen molar-refractivity contribution in [3.63, 3.8) is 0 Å². The van der Waals surface area contributed by atoms with Crippen LogP contribution in [-0.4, -0.2) is 24.3 Å².